The lowest BCUT2D eigenvalue weighted by Gasteiger charge is -2.12. The number of ether oxygens (including phenoxy) is 1. The molecule has 21 heavy (non-hydrogen) atoms. The first-order chi connectivity index (χ1) is 10.1. The quantitative estimate of drug-likeness (QED) is 0.523. The molecule has 5 nitrogen and oxygen atoms in total. The normalized spacial score (nSPS) is 11.7. The van der Waals surface area contributed by atoms with Gasteiger partial charge in [-0.3, -0.25) is 4.79 Å². The minimum absolute atomic E-state index is 0.169. The smallest absolute Gasteiger partial charge is 0.252 e. The Kier molecular flexibility index (Phi) is 5.05. The zero-order chi connectivity index (χ0) is 15.2. The van der Waals surface area contributed by atoms with Gasteiger partial charge in [0.05, 0.1) is 12.4 Å². The number of rotatable bonds is 5. The fourth-order valence-electron chi connectivity index (χ4n) is 1.68. The van der Waals surface area contributed by atoms with E-state index in [9.17, 15) is 10.0 Å². The van der Waals surface area contributed by atoms with Gasteiger partial charge in [-0.25, -0.2) is 0 Å². The lowest BCUT2D eigenvalue weighted by atomic mass is 10.3. The second-order valence-electron chi connectivity index (χ2n) is 4.35. The molecule has 1 heterocycles. The standard InChI is InChI=1S/C15H16N2O3S/c1-11(21-14-8-3-4-9-17(14)19)15(18)16-12-6-5-7-13(10-12)20-2/h3-11H,1-2H3,(H,16,18)/t11-/m1/s1. The van der Waals surface area contributed by atoms with Crippen LogP contribution in [0.25, 0.3) is 0 Å². The van der Waals surface area contributed by atoms with Crippen LogP contribution in [-0.2, 0) is 4.79 Å². The van der Waals surface area contributed by atoms with E-state index in [1.165, 1.54) is 18.0 Å². The number of hydrogen-bond donors (Lipinski definition) is 1. The van der Waals surface area contributed by atoms with E-state index in [-0.39, 0.29) is 11.2 Å². The molecule has 0 bridgehead atoms. The van der Waals surface area contributed by atoms with E-state index in [2.05, 4.69) is 5.32 Å². The number of pyridine rings is 1. The van der Waals surface area contributed by atoms with E-state index in [1.807, 2.05) is 0 Å². The lowest BCUT2D eigenvalue weighted by molar-refractivity contribution is -0.645. The van der Waals surface area contributed by atoms with Crippen LogP contribution < -0.4 is 14.8 Å². The summed E-state index contributed by atoms with van der Waals surface area (Å²) in [6.07, 6.45) is 1.41. The van der Waals surface area contributed by atoms with Gasteiger partial charge < -0.3 is 15.3 Å². The van der Waals surface area contributed by atoms with Gasteiger partial charge in [-0.2, -0.15) is 4.73 Å². The van der Waals surface area contributed by atoms with Gasteiger partial charge in [0, 0.05) is 23.9 Å². The molecule has 0 aliphatic carbocycles. The number of anilines is 1. The Hall–Kier alpha value is -2.21. The molecule has 0 saturated heterocycles. The third-order valence-corrected chi connectivity index (χ3v) is 3.92. The van der Waals surface area contributed by atoms with Crippen LogP contribution in [0, 0.1) is 5.21 Å². The van der Waals surface area contributed by atoms with Crippen LogP contribution >= 0.6 is 11.8 Å². The first kappa shape index (κ1) is 15.2. The van der Waals surface area contributed by atoms with Crippen LogP contribution in [0.2, 0.25) is 0 Å². The Balaban J connectivity index is 2.01. The molecular weight excluding hydrogens is 288 g/mol. The summed E-state index contributed by atoms with van der Waals surface area (Å²) < 4.78 is 5.86. The predicted octanol–water partition coefficient (Wildman–Crippen LogP) is 2.45. The van der Waals surface area contributed by atoms with E-state index in [1.54, 1.807) is 56.5 Å². The Bertz CT molecular complexity index is 634. The molecule has 0 unspecified atom stereocenters. The van der Waals surface area contributed by atoms with Gasteiger partial charge in [-0.1, -0.05) is 6.07 Å². The molecule has 0 radical (unpaired) electrons. The van der Waals surface area contributed by atoms with Gasteiger partial charge in [0.25, 0.3) is 5.03 Å². The first-order valence-corrected chi connectivity index (χ1v) is 7.28. The Labute approximate surface area is 127 Å². The Morgan fingerprint density at radius 2 is 2.14 bits per heavy atom. The minimum Gasteiger partial charge on any atom is -0.618 e. The summed E-state index contributed by atoms with van der Waals surface area (Å²) in [5.74, 6) is 0.505. The molecule has 0 saturated carbocycles. The van der Waals surface area contributed by atoms with Crippen molar-refractivity contribution in [3.63, 3.8) is 0 Å². The lowest BCUT2D eigenvalue weighted by Crippen LogP contribution is -2.30. The SMILES string of the molecule is COc1cccc(NC(=O)[C@@H](C)Sc2cccc[n+]2[O-])c1. The van der Waals surface area contributed by atoms with E-state index in [0.717, 1.165) is 4.73 Å². The van der Waals surface area contributed by atoms with E-state index < -0.39 is 0 Å². The maximum atomic E-state index is 12.1. The van der Waals surface area contributed by atoms with Crippen LogP contribution in [-0.4, -0.2) is 18.3 Å². The van der Waals surface area contributed by atoms with Crippen LogP contribution in [0.15, 0.2) is 53.7 Å². The van der Waals surface area contributed by atoms with Crippen molar-refractivity contribution >= 4 is 23.4 Å². The molecule has 2 aromatic rings. The fourth-order valence-corrected chi connectivity index (χ4v) is 2.53. The highest BCUT2D eigenvalue weighted by Crippen LogP contribution is 2.22. The monoisotopic (exact) mass is 304 g/mol. The number of nitrogens with one attached hydrogen (secondary N) is 1. The van der Waals surface area contributed by atoms with Gasteiger partial charge in [0.2, 0.25) is 5.91 Å². The summed E-state index contributed by atoms with van der Waals surface area (Å²) in [5.41, 5.74) is 0.662. The number of aromatic nitrogens is 1. The van der Waals surface area contributed by atoms with Gasteiger partial charge in [-0.15, -0.1) is 0 Å². The zero-order valence-electron chi connectivity index (χ0n) is 11.8. The number of carbonyl (C=O) groups is 1. The third kappa shape index (κ3) is 4.13. The molecular formula is C15H16N2O3S. The zero-order valence-corrected chi connectivity index (χ0v) is 12.6. The molecule has 1 atom stereocenters. The molecule has 110 valence electrons. The average molecular weight is 304 g/mol. The Morgan fingerprint density at radius 3 is 2.86 bits per heavy atom. The molecule has 1 aromatic heterocycles. The van der Waals surface area contributed by atoms with Crippen molar-refractivity contribution in [1.82, 2.24) is 0 Å². The van der Waals surface area contributed by atoms with Crippen LogP contribution in [0.4, 0.5) is 5.69 Å². The summed E-state index contributed by atoms with van der Waals surface area (Å²) in [7, 11) is 1.57. The highest BCUT2D eigenvalue weighted by Gasteiger charge is 2.18. The first-order valence-electron chi connectivity index (χ1n) is 6.40. The molecule has 1 aromatic carbocycles. The summed E-state index contributed by atoms with van der Waals surface area (Å²) in [6.45, 7) is 1.76. The second kappa shape index (κ2) is 6.99. The van der Waals surface area contributed by atoms with Crippen molar-refractivity contribution in [3.05, 3.63) is 53.9 Å². The maximum Gasteiger partial charge on any atom is 0.252 e. The topological polar surface area (TPSA) is 65.3 Å². The number of benzene rings is 1. The molecule has 0 fully saturated rings. The largest absolute Gasteiger partial charge is 0.618 e. The van der Waals surface area contributed by atoms with Crippen LogP contribution in [0.1, 0.15) is 6.92 Å². The average Bonchev–Trinajstić information content (AvgIpc) is 2.49. The van der Waals surface area contributed by atoms with Crippen molar-refractivity contribution < 1.29 is 14.3 Å². The van der Waals surface area contributed by atoms with Crippen molar-refractivity contribution in [2.24, 2.45) is 0 Å². The molecule has 0 aliphatic rings. The summed E-state index contributed by atoms with van der Waals surface area (Å²) in [4.78, 5) is 12.1. The van der Waals surface area contributed by atoms with E-state index in [4.69, 9.17) is 4.74 Å². The van der Waals surface area contributed by atoms with Crippen LogP contribution in [0.5, 0.6) is 5.75 Å². The minimum atomic E-state index is -0.390. The highest BCUT2D eigenvalue weighted by atomic mass is 32.2. The molecule has 2 rings (SSSR count). The summed E-state index contributed by atoms with van der Waals surface area (Å²) >= 11 is 1.21. The molecule has 6 heteroatoms. The van der Waals surface area contributed by atoms with Crippen molar-refractivity contribution in [2.75, 3.05) is 12.4 Å². The molecule has 0 spiro atoms. The van der Waals surface area contributed by atoms with Crippen molar-refractivity contribution in [2.45, 2.75) is 17.2 Å². The van der Waals surface area contributed by atoms with Crippen LogP contribution in [0.3, 0.4) is 0 Å². The number of thioether (sulfide) groups is 1. The number of nitrogens with zero attached hydrogens (tertiary/aromatic N) is 1. The summed E-state index contributed by atoms with van der Waals surface area (Å²) in [6, 6.07) is 12.2. The van der Waals surface area contributed by atoms with Gasteiger partial charge >= 0.3 is 0 Å². The van der Waals surface area contributed by atoms with Crippen molar-refractivity contribution in [3.8, 4) is 5.75 Å². The molecule has 1 amide bonds. The maximum absolute atomic E-state index is 12.1. The van der Waals surface area contributed by atoms with E-state index in [0.29, 0.717) is 16.5 Å². The number of carbonyl (C=O) groups excluding carboxylic acids is 1. The summed E-state index contributed by atoms with van der Waals surface area (Å²) in [5, 5.41) is 14.5. The van der Waals surface area contributed by atoms with Gasteiger partial charge in [0.1, 0.15) is 5.75 Å². The third-order valence-electron chi connectivity index (χ3n) is 2.79. The predicted molar refractivity (Wildman–Crippen MR) is 82.3 cm³/mol. The fraction of sp³-hybridized carbons (Fsp3) is 0.200. The second-order valence-corrected chi connectivity index (χ2v) is 5.71. The van der Waals surface area contributed by atoms with Gasteiger partial charge in [-0.05, 0) is 36.9 Å². The highest BCUT2D eigenvalue weighted by molar-refractivity contribution is 8.00. The Morgan fingerprint density at radius 1 is 1.33 bits per heavy atom. The number of amides is 1. The van der Waals surface area contributed by atoms with Gasteiger partial charge in [0.15, 0.2) is 6.20 Å². The molecule has 0 aliphatic heterocycles. The van der Waals surface area contributed by atoms with E-state index >= 15 is 0 Å². The number of hydrogen-bond acceptors (Lipinski definition) is 4. The number of methoxy groups -OCH3 is 1. The molecule has 1 N–H and O–H groups in total. The van der Waals surface area contributed by atoms with Crippen molar-refractivity contribution in [1.29, 1.82) is 0 Å².